The third-order valence-electron chi connectivity index (χ3n) is 5.84. The van der Waals surface area contributed by atoms with Crippen LogP contribution in [0.4, 0.5) is 5.13 Å². The molecule has 176 valence electrons. The molecule has 11 heteroatoms. The van der Waals surface area contributed by atoms with Gasteiger partial charge in [0.15, 0.2) is 5.13 Å². The quantitative estimate of drug-likeness (QED) is 0.345. The highest BCUT2D eigenvalue weighted by atomic mass is 35.5. The fourth-order valence-corrected chi connectivity index (χ4v) is 8.05. The molecule has 0 N–H and O–H groups in total. The van der Waals surface area contributed by atoms with Crippen LogP contribution < -0.4 is 4.90 Å². The van der Waals surface area contributed by atoms with E-state index in [1.165, 1.54) is 15.6 Å². The lowest BCUT2D eigenvalue weighted by Crippen LogP contribution is -2.47. The number of carbonyl (C=O) groups is 1. The number of sulfonamides is 1. The van der Waals surface area contributed by atoms with E-state index in [2.05, 4.69) is 4.98 Å². The van der Waals surface area contributed by atoms with E-state index in [0.29, 0.717) is 29.5 Å². The highest BCUT2D eigenvalue weighted by molar-refractivity contribution is 7.91. The number of benzene rings is 1. The standard InChI is InChI=1S/C23H21ClN4O3S3/c1-15-17(24)8-9-19-21(15)26-23(33-19)27(14-16-5-2-10-25-13-16)22(29)18-6-3-11-28(18)34(30,31)20-7-4-12-32-20/h2,4-5,7-10,12-13,18H,3,6,11,14H2,1H3. The molecule has 0 spiro atoms. The molecule has 7 nitrogen and oxygen atoms in total. The summed E-state index contributed by atoms with van der Waals surface area (Å²) in [6, 6.07) is 9.89. The maximum atomic E-state index is 13.9. The first-order chi connectivity index (χ1) is 16.4. The van der Waals surface area contributed by atoms with Crippen LogP contribution in [0.3, 0.4) is 0 Å². The van der Waals surface area contributed by atoms with Gasteiger partial charge in [0.2, 0.25) is 5.91 Å². The number of halogens is 1. The predicted molar refractivity (Wildman–Crippen MR) is 136 cm³/mol. The largest absolute Gasteiger partial charge is 0.282 e. The Morgan fingerprint density at radius 3 is 2.85 bits per heavy atom. The number of nitrogens with zero attached hydrogens (tertiary/aromatic N) is 4. The number of carbonyl (C=O) groups excluding carboxylic acids is 1. The number of amides is 1. The van der Waals surface area contributed by atoms with Gasteiger partial charge in [-0.3, -0.25) is 14.7 Å². The van der Waals surface area contributed by atoms with E-state index in [1.807, 2.05) is 31.2 Å². The van der Waals surface area contributed by atoms with Crippen LogP contribution in [0, 0.1) is 6.92 Å². The highest BCUT2D eigenvalue weighted by Crippen LogP contribution is 2.36. The van der Waals surface area contributed by atoms with Crippen LogP contribution >= 0.6 is 34.3 Å². The molecular weight excluding hydrogens is 512 g/mol. The monoisotopic (exact) mass is 532 g/mol. The lowest BCUT2D eigenvalue weighted by Gasteiger charge is -2.28. The number of pyridine rings is 1. The number of aromatic nitrogens is 2. The Hall–Kier alpha value is -2.37. The number of thiophene rings is 1. The molecule has 5 rings (SSSR count). The maximum absolute atomic E-state index is 13.9. The second-order valence-electron chi connectivity index (χ2n) is 8.01. The predicted octanol–water partition coefficient (Wildman–Crippen LogP) is 5.10. The Kier molecular flexibility index (Phi) is 6.43. The third kappa shape index (κ3) is 4.25. The minimum absolute atomic E-state index is 0.239. The van der Waals surface area contributed by atoms with Crippen LogP contribution in [0.1, 0.15) is 24.0 Å². The molecule has 0 aliphatic carbocycles. The normalized spacial score (nSPS) is 16.8. The summed E-state index contributed by atoms with van der Waals surface area (Å²) in [7, 11) is -3.76. The van der Waals surface area contributed by atoms with Crippen LogP contribution in [-0.4, -0.2) is 41.2 Å². The van der Waals surface area contributed by atoms with Crippen molar-refractivity contribution in [1.29, 1.82) is 0 Å². The Balaban J connectivity index is 1.55. The summed E-state index contributed by atoms with van der Waals surface area (Å²) in [5.41, 5.74) is 2.42. The van der Waals surface area contributed by atoms with Crippen molar-refractivity contribution in [2.45, 2.75) is 36.6 Å². The summed E-state index contributed by atoms with van der Waals surface area (Å²) in [5, 5.41) is 2.84. The summed E-state index contributed by atoms with van der Waals surface area (Å²) in [4.78, 5) is 24.5. The molecular formula is C23H21ClN4O3S3. The van der Waals surface area contributed by atoms with Gasteiger partial charge < -0.3 is 0 Å². The first-order valence-electron chi connectivity index (χ1n) is 10.7. The molecule has 0 bridgehead atoms. The van der Waals surface area contributed by atoms with Crippen LogP contribution in [0.2, 0.25) is 5.02 Å². The molecule has 1 amide bonds. The third-order valence-corrected chi connectivity index (χ3v) is 10.6. The van der Waals surface area contributed by atoms with Gasteiger partial charge in [0.05, 0.1) is 16.8 Å². The molecule has 0 radical (unpaired) electrons. The van der Waals surface area contributed by atoms with Gasteiger partial charge in [0.25, 0.3) is 10.0 Å². The zero-order valence-electron chi connectivity index (χ0n) is 18.2. The number of aryl methyl sites for hydroxylation is 1. The van der Waals surface area contributed by atoms with E-state index in [9.17, 15) is 13.2 Å². The van der Waals surface area contributed by atoms with Gasteiger partial charge in [-0.15, -0.1) is 11.3 Å². The lowest BCUT2D eigenvalue weighted by atomic mass is 10.2. The Morgan fingerprint density at radius 2 is 2.12 bits per heavy atom. The van der Waals surface area contributed by atoms with Crippen molar-refractivity contribution in [2.75, 3.05) is 11.4 Å². The fraction of sp³-hybridized carbons (Fsp3) is 0.261. The Morgan fingerprint density at radius 1 is 1.26 bits per heavy atom. The molecule has 3 aromatic heterocycles. The molecule has 1 fully saturated rings. The van der Waals surface area contributed by atoms with Crippen molar-refractivity contribution in [3.63, 3.8) is 0 Å². The second-order valence-corrected chi connectivity index (χ2v) is 12.5. The molecule has 1 aliphatic heterocycles. The summed E-state index contributed by atoms with van der Waals surface area (Å²) < 4.78 is 29.1. The van der Waals surface area contributed by atoms with E-state index in [4.69, 9.17) is 16.6 Å². The fourth-order valence-electron chi connectivity index (χ4n) is 4.10. The van der Waals surface area contributed by atoms with Crippen LogP contribution in [0.15, 0.2) is 58.4 Å². The molecule has 1 unspecified atom stereocenters. The Bertz CT molecular complexity index is 1440. The van der Waals surface area contributed by atoms with Gasteiger partial charge in [-0.1, -0.05) is 35.1 Å². The van der Waals surface area contributed by atoms with E-state index in [1.54, 1.807) is 34.8 Å². The van der Waals surface area contributed by atoms with E-state index in [-0.39, 0.29) is 16.7 Å². The van der Waals surface area contributed by atoms with Crippen molar-refractivity contribution in [2.24, 2.45) is 0 Å². The summed E-state index contributed by atoms with van der Waals surface area (Å²) in [6.07, 6.45) is 4.45. The Labute approximate surface area is 210 Å². The van der Waals surface area contributed by atoms with Crippen molar-refractivity contribution in [1.82, 2.24) is 14.3 Å². The molecule has 1 atom stereocenters. The minimum Gasteiger partial charge on any atom is -0.282 e. The zero-order valence-corrected chi connectivity index (χ0v) is 21.4. The van der Waals surface area contributed by atoms with Gasteiger partial charge in [0.1, 0.15) is 10.3 Å². The topological polar surface area (TPSA) is 83.5 Å². The molecule has 4 aromatic rings. The number of fused-ring (bicyclic) bond motifs is 1. The van der Waals surface area contributed by atoms with Gasteiger partial charge in [-0.25, -0.2) is 13.4 Å². The van der Waals surface area contributed by atoms with E-state index in [0.717, 1.165) is 32.7 Å². The molecule has 1 saturated heterocycles. The number of anilines is 1. The molecule has 4 heterocycles. The highest BCUT2D eigenvalue weighted by Gasteiger charge is 2.42. The first-order valence-corrected chi connectivity index (χ1v) is 14.2. The average molecular weight is 533 g/mol. The van der Waals surface area contributed by atoms with Gasteiger partial charge >= 0.3 is 0 Å². The summed E-state index contributed by atoms with van der Waals surface area (Å²) in [6.45, 7) is 2.45. The first kappa shape index (κ1) is 23.4. The lowest BCUT2D eigenvalue weighted by molar-refractivity contribution is -0.121. The second kappa shape index (κ2) is 9.35. The summed E-state index contributed by atoms with van der Waals surface area (Å²) >= 11 is 8.84. The number of hydrogen-bond acceptors (Lipinski definition) is 7. The SMILES string of the molecule is Cc1c(Cl)ccc2sc(N(Cc3cccnc3)C(=O)C3CCCN3S(=O)(=O)c3cccs3)nc12. The smallest absolute Gasteiger partial charge is 0.253 e. The van der Waals surface area contributed by atoms with Crippen molar-refractivity contribution < 1.29 is 13.2 Å². The van der Waals surface area contributed by atoms with E-state index >= 15 is 0 Å². The number of hydrogen-bond donors (Lipinski definition) is 0. The summed E-state index contributed by atoms with van der Waals surface area (Å²) in [5.74, 6) is -0.288. The molecule has 0 saturated carbocycles. The molecule has 1 aromatic carbocycles. The maximum Gasteiger partial charge on any atom is 0.253 e. The van der Waals surface area contributed by atoms with Crippen molar-refractivity contribution in [3.8, 4) is 0 Å². The van der Waals surface area contributed by atoms with Crippen LogP contribution in [0.5, 0.6) is 0 Å². The van der Waals surface area contributed by atoms with Crippen LogP contribution in [0.25, 0.3) is 10.2 Å². The van der Waals surface area contributed by atoms with Gasteiger partial charge in [-0.2, -0.15) is 4.31 Å². The number of rotatable bonds is 6. The van der Waals surface area contributed by atoms with Gasteiger partial charge in [0, 0.05) is 24.0 Å². The van der Waals surface area contributed by atoms with Crippen molar-refractivity contribution in [3.05, 3.63) is 70.3 Å². The molecule has 1 aliphatic rings. The van der Waals surface area contributed by atoms with Gasteiger partial charge in [-0.05, 0) is 60.5 Å². The van der Waals surface area contributed by atoms with Crippen LogP contribution in [-0.2, 0) is 21.4 Å². The van der Waals surface area contributed by atoms with E-state index < -0.39 is 16.1 Å². The molecule has 34 heavy (non-hydrogen) atoms. The van der Waals surface area contributed by atoms with Crippen molar-refractivity contribution >= 4 is 65.6 Å². The number of thiazole rings is 1. The zero-order chi connectivity index (χ0) is 23.9. The average Bonchev–Trinajstić information content (AvgIpc) is 3.61. The minimum atomic E-state index is -3.76.